The van der Waals surface area contributed by atoms with E-state index in [-0.39, 0.29) is 5.78 Å². The average Bonchev–Trinajstić information content (AvgIpc) is 2.69. The Kier molecular flexibility index (Phi) is 2.73. The minimum absolute atomic E-state index is 0.0324. The molecule has 0 bridgehead atoms. The summed E-state index contributed by atoms with van der Waals surface area (Å²) in [7, 11) is 0. The maximum absolute atomic E-state index is 12.0. The first-order chi connectivity index (χ1) is 7.18. The van der Waals surface area contributed by atoms with Crippen LogP contribution in [-0.4, -0.2) is 10.8 Å². The third-order valence-corrected chi connectivity index (χ3v) is 2.77. The molecule has 2 nitrogen and oxygen atoms in total. The molecule has 2 aromatic rings. The molecular formula is C12H10BrNO. The van der Waals surface area contributed by atoms with E-state index in [1.54, 1.807) is 12.3 Å². The summed E-state index contributed by atoms with van der Waals surface area (Å²) in [6.45, 7) is 1.93. The van der Waals surface area contributed by atoms with Crippen molar-refractivity contribution in [2.45, 2.75) is 6.92 Å². The van der Waals surface area contributed by atoms with E-state index in [1.165, 1.54) is 0 Å². The Hall–Kier alpha value is -1.35. The lowest BCUT2D eigenvalue weighted by Crippen LogP contribution is -2.03. The number of aryl methyl sites for hydroxylation is 1. The molecule has 0 saturated carbocycles. The van der Waals surface area contributed by atoms with Crippen LogP contribution < -0.4 is 0 Å². The topological polar surface area (TPSA) is 32.9 Å². The fourth-order valence-corrected chi connectivity index (χ4v) is 1.97. The molecule has 15 heavy (non-hydrogen) atoms. The van der Waals surface area contributed by atoms with Crippen LogP contribution in [0, 0.1) is 6.92 Å². The molecule has 0 fully saturated rings. The van der Waals surface area contributed by atoms with Crippen molar-refractivity contribution >= 4 is 21.7 Å². The van der Waals surface area contributed by atoms with E-state index >= 15 is 0 Å². The zero-order valence-electron chi connectivity index (χ0n) is 8.25. The molecule has 1 aromatic carbocycles. The van der Waals surface area contributed by atoms with E-state index in [1.807, 2.05) is 31.2 Å². The van der Waals surface area contributed by atoms with Gasteiger partial charge in [0, 0.05) is 16.2 Å². The second-order valence-corrected chi connectivity index (χ2v) is 4.29. The summed E-state index contributed by atoms with van der Waals surface area (Å²) in [5.74, 6) is 0.0324. The molecule has 3 heteroatoms. The van der Waals surface area contributed by atoms with Crippen molar-refractivity contribution in [3.8, 4) is 0 Å². The predicted octanol–water partition coefficient (Wildman–Crippen LogP) is 3.32. The van der Waals surface area contributed by atoms with Gasteiger partial charge in [0.25, 0.3) is 0 Å². The van der Waals surface area contributed by atoms with Crippen molar-refractivity contribution in [3.63, 3.8) is 0 Å². The van der Waals surface area contributed by atoms with Crippen molar-refractivity contribution in [2.24, 2.45) is 0 Å². The number of aromatic amines is 1. The van der Waals surface area contributed by atoms with E-state index in [9.17, 15) is 4.79 Å². The number of hydrogen-bond donors (Lipinski definition) is 1. The lowest BCUT2D eigenvalue weighted by molar-refractivity contribution is 0.103. The van der Waals surface area contributed by atoms with Gasteiger partial charge in [-0.15, -0.1) is 0 Å². The SMILES string of the molecule is Cc1cc(Br)ccc1C(=O)c1ccc[nH]1. The van der Waals surface area contributed by atoms with Gasteiger partial charge in [0.05, 0.1) is 5.69 Å². The van der Waals surface area contributed by atoms with Crippen LogP contribution in [0.25, 0.3) is 0 Å². The van der Waals surface area contributed by atoms with Gasteiger partial charge in [-0.25, -0.2) is 0 Å². The number of hydrogen-bond acceptors (Lipinski definition) is 1. The zero-order valence-corrected chi connectivity index (χ0v) is 9.84. The van der Waals surface area contributed by atoms with Crippen molar-refractivity contribution in [3.05, 3.63) is 57.8 Å². The largest absolute Gasteiger partial charge is 0.359 e. The van der Waals surface area contributed by atoms with Crippen LogP contribution in [-0.2, 0) is 0 Å². The van der Waals surface area contributed by atoms with Gasteiger partial charge in [-0.05, 0) is 42.8 Å². The Morgan fingerprint density at radius 2 is 2.13 bits per heavy atom. The van der Waals surface area contributed by atoms with Gasteiger partial charge in [0.2, 0.25) is 5.78 Å². The summed E-state index contributed by atoms with van der Waals surface area (Å²) < 4.78 is 0.989. The van der Waals surface area contributed by atoms with Crippen LogP contribution in [0.15, 0.2) is 41.0 Å². The highest BCUT2D eigenvalue weighted by atomic mass is 79.9. The van der Waals surface area contributed by atoms with Crippen LogP contribution in [0.3, 0.4) is 0 Å². The number of carbonyl (C=O) groups is 1. The number of H-pyrrole nitrogens is 1. The maximum Gasteiger partial charge on any atom is 0.209 e. The van der Waals surface area contributed by atoms with E-state index in [0.29, 0.717) is 5.69 Å². The molecule has 0 radical (unpaired) electrons. The molecule has 0 aliphatic carbocycles. The standard InChI is InChI=1S/C12H10BrNO/c1-8-7-9(13)4-5-10(8)12(15)11-3-2-6-14-11/h2-7,14H,1H3. The van der Waals surface area contributed by atoms with Crippen molar-refractivity contribution in [1.82, 2.24) is 4.98 Å². The quantitative estimate of drug-likeness (QED) is 0.829. The van der Waals surface area contributed by atoms with Crippen LogP contribution in [0.1, 0.15) is 21.6 Å². The Balaban J connectivity index is 2.42. The van der Waals surface area contributed by atoms with E-state index in [2.05, 4.69) is 20.9 Å². The minimum atomic E-state index is 0.0324. The van der Waals surface area contributed by atoms with Gasteiger partial charge < -0.3 is 4.98 Å². The van der Waals surface area contributed by atoms with Crippen LogP contribution in [0.5, 0.6) is 0 Å². The van der Waals surface area contributed by atoms with Gasteiger partial charge in [0.15, 0.2) is 0 Å². The number of carbonyl (C=O) groups excluding carboxylic acids is 1. The molecule has 0 saturated heterocycles. The first kappa shape index (κ1) is 10.2. The van der Waals surface area contributed by atoms with Crippen molar-refractivity contribution < 1.29 is 4.79 Å². The number of halogens is 1. The molecule has 0 aliphatic rings. The predicted molar refractivity (Wildman–Crippen MR) is 63.1 cm³/mol. The molecule has 0 atom stereocenters. The first-order valence-corrected chi connectivity index (χ1v) is 5.42. The summed E-state index contributed by atoms with van der Waals surface area (Å²) in [4.78, 5) is 14.9. The molecular weight excluding hydrogens is 254 g/mol. The molecule has 76 valence electrons. The molecule has 0 amide bonds. The number of rotatable bonds is 2. The smallest absolute Gasteiger partial charge is 0.209 e. The monoisotopic (exact) mass is 263 g/mol. The van der Waals surface area contributed by atoms with Crippen LogP contribution >= 0.6 is 15.9 Å². The normalized spacial score (nSPS) is 10.3. The summed E-state index contributed by atoms with van der Waals surface area (Å²) >= 11 is 3.38. The lowest BCUT2D eigenvalue weighted by Gasteiger charge is -2.03. The van der Waals surface area contributed by atoms with Crippen molar-refractivity contribution in [1.29, 1.82) is 0 Å². The summed E-state index contributed by atoms with van der Waals surface area (Å²) in [6, 6.07) is 9.26. The number of ketones is 1. The number of benzene rings is 1. The fourth-order valence-electron chi connectivity index (χ4n) is 1.50. The van der Waals surface area contributed by atoms with Gasteiger partial charge in [-0.1, -0.05) is 15.9 Å². The van der Waals surface area contributed by atoms with Gasteiger partial charge in [-0.3, -0.25) is 4.79 Å². The average molecular weight is 264 g/mol. The molecule has 0 aliphatic heterocycles. The maximum atomic E-state index is 12.0. The fraction of sp³-hybridized carbons (Fsp3) is 0.0833. The highest BCUT2D eigenvalue weighted by molar-refractivity contribution is 9.10. The molecule has 1 aromatic heterocycles. The van der Waals surface area contributed by atoms with Gasteiger partial charge in [0.1, 0.15) is 0 Å². The number of nitrogens with one attached hydrogen (secondary N) is 1. The molecule has 0 unspecified atom stereocenters. The van der Waals surface area contributed by atoms with Crippen molar-refractivity contribution in [2.75, 3.05) is 0 Å². The molecule has 1 heterocycles. The third kappa shape index (κ3) is 2.02. The Morgan fingerprint density at radius 3 is 2.73 bits per heavy atom. The Labute approximate surface area is 96.5 Å². The minimum Gasteiger partial charge on any atom is -0.359 e. The summed E-state index contributed by atoms with van der Waals surface area (Å²) in [6.07, 6.45) is 1.75. The van der Waals surface area contributed by atoms with Crippen LogP contribution in [0.4, 0.5) is 0 Å². The summed E-state index contributed by atoms with van der Waals surface area (Å²) in [5.41, 5.74) is 2.34. The van der Waals surface area contributed by atoms with Crippen LogP contribution in [0.2, 0.25) is 0 Å². The van der Waals surface area contributed by atoms with E-state index in [4.69, 9.17) is 0 Å². The zero-order chi connectivity index (χ0) is 10.8. The molecule has 0 spiro atoms. The summed E-state index contributed by atoms with van der Waals surface area (Å²) in [5, 5.41) is 0. The van der Waals surface area contributed by atoms with Gasteiger partial charge in [-0.2, -0.15) is 0 Å². The second kappa shape index (κ2) is 4.03. The highest BCUT2D eigenvalue weighted by Gasteiger charge is 2.11. The third-order valence-electron chi connectivity index (χ3n) is 2.28. The Bertz CT molecular complexity index is 488. The highest BCUT2D eigenvalue weighted by Crippen LogP contribution is 2.18. The van der Waals surface area contributed by atoms with Gasteiger partial charge >= 0.3 is 0 Å². The second-order valence-electron chi connectivity index (χ2n) is 3.37. The lowest BCUT2D eigenvalue weighted by atomic mass is 10.0. The van der Waals surface area contributed by atoms with E-state index in [0.717, 1.165) is 15.6 Å². The Morgan fingerprint density at radius 1 is 1.33 bits per heavy atom. The molecule has 2 rings (SSSR count). The number of aromatic nitrogens is 1. The van der Waals surface area contributed by atoms with E-state index < -0.39 is 0 Å². The first-order valence-electron chi connectivity index (χ1n) is 4.63. The molecule has 1 N–H and O–H groups in total.